The van der Waals surface area contributed by atoms with Crippen molar-refractivity contribution in [1.29, 1.82) is 0 Å². The summed E-state index contributed by atoms with van der Waals surface area (Å²) >= 11 is 1.16. The van der Waals surface area contributed by atoms with Gasteiger partial charge in [-0.2, -0.15) is 0 Å². The molecular formula is C29H33N5O5S. The van der Waals surface area contributed by atoms with Gasteiger partial charge in [-0.3, -0.25) is 19.7 Å². The third-order valence-electron chi connectivity index (χ3n) is 6.87. The van der Waals surface area contributed by atoms with Crippen LogP contribution in [-0.4, -0.2) is 61.0 Å². The fraction of sp³-hybridized carbons (Fsp3) is 0.310. The number of carbonyl (C=O) groups is 3. The van der Waals surface area contributed by atoms with Crippen LogP contribution in [0.3, 0.4) is 0 Å². The van der Waals surface area contributed by atoms with Crippen LogP contribution in [0.5, 0.6) is 0 Å². The molecule has 6 N–H and O–H groups in total. The Kier molecular flexibility index (Phi) is 10.0. The second kappa shape index (κ2) is 13.8. The molecule has 1 saturated heterocycles. The smallest absolute Gasteiger partial charge is 0.319 e. The first kappa shape index (κ1) is 28.9. The Hall–Kier alpha value is -4.06. The molecule has 0 spiro atoms. The van der Waals surface area contributed by atoms with Gasteiger partial charge in [0.1, 0.15) is 6.04 Å². The van der Waals surface area contributed by atoms with E-state index in [1.54, 1.807) is 12.1 Å². The molecule has 1 fully saturated rings. The number of amidine groups is 1. The standard InChI is InChI=1S/C29H33N5O5S/c1-39-23(35)17-32-26(24(18-9-4-2-5-10-18)19-11-6-3-7-12-19)29(37)33-25(27(36)20-13-8-16-31-20)21-14-15-22(40-21)28(30)34-38/h2-7,9-12,14-15,20,24-26,31-32,38H,8,13,16-17H2,1H3,(H2,30,34)(H,33,37)/t20-,25?,26+/m0/s1. The Morgan fingerprint density at radius 2 is 1.73 bits per heavy atom. The number of hydrogen-bond acceptors (Lipinski definition) is 9. The SMILES string of the molecule is COC(=O)CN[C@@H](C(=O)NC(C(=O)[C@@H]1CCCN1)c1ccc(C(N)=NO)s1)C(c1ccccc1)c1ccccc1. The molecule has 3 atom stereocenters. The van der Waals surface area contributed by atoms with Gasteiger partial charge in [0.05, 0.1) is 30.6 Å². The zero-order chi connectivity index (χ0) is 28.5. The topological polar surface area (TPSA) is 155 Å². The van der Waals surface area contributed by atoms with E-state index in [1.807, 2.05) is 60.7 Å². The van der Waals surface area contributed by atoms with E-state index in [0.717, 1.165) is 28.9 Å². The minimum atomic E-state index is -0.983. The molecule has 1 unspecified atom stereocenters. The summed E-state index contributed by atoms with van der Waals surface area (Å²) in [5.41, 5.74) is 7.49. The van der Waals surface area contributed by atoms with Crippen molar-refractivity contribution in [3.63, 3.8) is 0 Å². The minimum Gasteiger partial charge on any atom is -0.468 e. The number of Topliss-reactive ketones (excluding diaryl/α,β-unsaturated/α-hetero) is 1. The Balaban J connectivity index is 1.72. The van der Waals surface area contributed by atoms with Crippen molar-refractivity contribution in [2.45, 2.75) is 36.9 Å². The van der Waals surface area contributed by atoms with E-state index in [2.05, 4.69) is 21.1 Å². The zero-order valence-electron chi connectivity index (χ0n) is 22.1. The molecule has 0 radical (unpaired) electrons. The fourth-order valence-electron chi connectivity index (χ4n) is 4.86. The average Bonchev–Trinajstić information content (AvgIpc) is 3.71. The molecule has 2 aromatic carbocycles. The number of nitrogens with zero attached hydrogens (tertiary/aromatic N) is 1. The van der Waals surface area contributed by atoms with Crippen LogP contribution >= 0.6 is 11.3 Å². The molecule has 0 saturated carbocycles. The number of nitrogens with one attached hydrogen (secondary N) is 3. The largest absolute Gasteiger partial charge is 0.468 e. The van der Waals surface area contributed by atoms with Crippen molar-refractivity contribution in [3.05, 3.63) is 93.7 Å². The van der Waals surface area contributed by atoms with Gasteiger partial charge in [0.15, 0.2) is 11.6 Å². The molecule has 4 rings (SSSR count). The van der Waals surface area contributed by atoms with Crippen LogP contribution in [0.4, 0.5) is 0 Å². The number of thiophene rings is 1. The molecule has 210 valence electrons. The second-order valence-corrected chi connectivity index (χ2v) is 10.5. The first-order valence-corrected chi connectivity index (χ1v) is 13.8. The van der Waals surface area contributed by atoms with Gasteiger partial charge in [0.25, 0.3) is 0 Å². The Morgan fingerprint density at radius 1 is 1.07 bits per heavy atom. The van der Waals surface area contributed by atoms with Crippen molar-refractivity contribution in [2.75, 3.05) is 20.2 Å². The van der Waals surface area contributed by atoms with Gasteiger partial charge in [-0.05, 0) is 42.6 Å². The Morgan fingerprint density at radius 3 is 2.27 bits per heavy atom. The number of benzene rings is 2. The van der Waals surface area contributed by atoms with E-state index in [9.17, 15) is 14.4 Å². The number of methoxy groups -OCH3 is 1. The predicted molar refractivity (Wildman–Crippen MR) is 152 cm³/mol. The lowest BCUT2D eigenvalue weighted by Gasteiger charge is -2.30. The van der Waals surface area contributed by atoms with Gasteiger partial charge in [0, 0.05) is 10.8 Å². The summed E-state index contributed by atoms with van der Waals surface area (Å²) in [5.74, 6) is -1.73. The number of hydrogen-bond donors (Lipinski definition) is 5. The number of esters is 1. The van der Waals surface area contributed by atoms with E-state index in [0.29, 0.717) is 22.7 Å². The number of oxime groups is 1. The van der Waals surface area contributed by atoms with Crippen molar-refractivity contribution >= 4 is 34.8 Å². The highest BCUT2D eigenvalue weighted by Crippen LogP contribution is 2.31. The van der Waals surface area contributed by atoms with Gasteiger partial charge in [-0.15, -0.1) is 11.3 Å². The molecule has 0 aliphatic carbocycles. The van der Waals surface area contributed by atoms with Gasteiger partial charge in [-0.25, -0.2) is 0 Å². The van der Waals surface area contributed by atoms with Gasteiger partial charge in [-0.1, -0.05) is 65.8 Å². The van der Waals surface area contributed by atoms with E-state index in [4.69, 9.17) is 15.7 Å². The molecule has 1 amide bonds. The van der Waals surface area contributed by atoms with Crippen LogP contribution in [0.1, 0.15) is 45.7 Å². The van der Waals surface area contributed by atoms with Crippen LogP contribution < -0.4 is 21.7 Å². The summed E-state index contributed by atoms with van der Waals surface area (Å²) in [6.45, 7) is 0.504. The quantitative estimate of drug-likeness (QED) is 0.0739. The predicted octanol–water partition coefficient (Wildman–Crippen LogP) is 2.28. The third-order valence-corrected chi connectivity index (χ3v) is 8.05. The molecule has 3 aromatic rings. The van der Waals surface area contributed by atoms with Crippen LogP contribution in [0.25, 0.3) is 0 Å². The van der Waals surface area contributed by atoms with Crippen LogP contribution in [0, 0.1) is 0 Å². The normalized spacial score (nSPS) is 16.9. The Bertz CT molecular complexity index is 1290. The third kappa shape index (κ3) is 6.92. The fourth-order valence-corrected chi connectivity index (χ4v) is 5.83. The van der Waals surface area contributed by atoms with E-state index in [-0.39, 0.29) is 18.2 Å². The highest BCUT2D eigenvalue weighted by atomic mass is 32.1. The second-order valence-electron chi connectivity index (χ2n) is 9.41. The zero-order valence-corrected chi connectivity index (χ0v) is 22.9. The van der Waals surface area contributed by atoms with Crippen LogP contribution in [0.2, 0.25) is 0 Å². The number of ketones is 1. The lowest BCUT2D eigenvalue weighted by molar-refractivity contribution is -0.140. The maximum atomic E-state index is 14.1. The first-order chi connectivity index (χ1) is 19.4. The highest BCUT2D eigenvalue weighted by molar-refractivity contribution is 7.14. The first-order valence-electron chi connectivity index (χ1n) is 13.0. The van der Waals surface area contributed by atoms with Gasteiger partial charge < -0.3 is 26.3 Å². The lowest BCUT2D eigenvalue weighted by atomic mass is 9.84. The molecule has 0 bridgehead atoms. The summed E-state index contributed by atoms with van der Waals surface area (Å²) in [4.78, 5) is 41.0. The maximum Gasteiger partial charge on any atom is 0.319 e. The number of amides is 1. The molecule has 1 aromatic heterocycles. The summed E-state index contributed by atoms with van der Waals surface area (Å²) in [6.07, 6.45) is 1.51. The summed E-state index contributed by atoms with van der Waals surface area (Å²) in [5, 5.41) is 21.4. The molecule has 11 heteroatoms. The van der Waals surface area contributed by atoms with Crippen molar-refractivity contribution in [2.24, 2.45) is 10.9 Å². The highest BCUT2D eigenvalue weighted by Gasteiger charge is 2.37. The van der Waals surface area contributed by atoms with Crippen molar-refractivity contribution < 1.29 is 24.3 Å². The van der Waals surface area contributed by atoms with Crippen LogP contribution in [-0.2, 0) is 19.1 Å². The van der Waals surface area contributed by atoms with Gasteiger partial charge >= 0.3 is 5.97 Å². The monoisotopic (exact) mass is 563 g/mol. The molecule has 1 aliphatic rings. The van der Waals surface area contributed by atoms with Crippen LogP contribution in [0.15, 0.2) is 78.0 Å². The van der Waals surface area contributed by atoms with E-state index < -0.39 is 35.9 Å². The summed E-state index contributed by atoms with van der Waals surface area (Å²) < 4.78 is 4.83. The van der Waals surface area contributed by atoms with Crippen molar-refractivity contribution in [1.82, 2.24) is 16.0 Å². The Labute approximate surface area is 236 Å². The molecule has 2 heterocycles. The van der Waals surface area contributed by atoms with E-state index >= 15 is 0 Å². The average molecular weight is 564 g/mol. The molecule has 10 nitrogen and oxygen atoms in total. The number of ether oxygens (including phenoxy) is 1. The number of rotatable bonds is 12. The number of nitrogens with two attached hydrogens (primary N) is 1. The summed E-state index contributed by atoms with van der Waals surface area (Å²) in [7, 11) is 1.28. The van der Waals surface area contributed by atoms with Gasteiger partial charge in [0.2, 0.25) is 5.91 Å². The molecular weight excluding hydrogens is 530 g/mol. The van der Waals surface area contributed by atoms with Crippen molar-refractivity contribution in [3.8, 4) is 0 Å². The summed E-state index contributed by atoms with van der Waals surface area (Å²) in [6, 6.07) is 20.0. The van der Waals surface area contributed by atoms with E-state index in [1.165, 1.54) is 7.11 Å². The number of carbonyl (C=O) groups excluding carboxylic acids is 3. The lowest BCUT2D eigenvalue weighted by Crippen LogP contribution is -2.52. The molecule has 1 aliphatic heterocycles. The molecule has 40 heavy (non-hydrogen) atoms. The minimum absolute atomic E-state index is 0.0846. The maximum absolute atomic E-state index is 14.1.